The van der Waals surface area contributed by atoms with Crippen LogP contribution in [0.2, 0.25) is 0 Å². The Kier molecular flexibility index (Phi) is 2.98. The van der Waals surface area contributed by atoms with Crippen LogP contribution in [0.4, 0.5) is 10.1 Å². The molecule has 1 aromatic rings. The van der Waals surface area contributed by atoms with E-state index in [4.69, 9.17) is 0 Å². The zero-order valence-electron chi connectivity index (χ0n) is 8.90. The molecule has 3 rings (SSSR count). The normalized spacial score (nSPS) is 26.9. The van der Waals surface area contributed by atoms with Crippen LogP contribution in [0.15, 0.2) is 18.2 Å². The monoisotopic (exact) mass is 243 g/mol. The number of anilines is 1. The molecule has 2 bridgehead atoms. The van der Waals surface area contributed by atoms with Gasteiger partial charge in [-0.25, -0.2) is 4.39 Å². The Labute approximate surface area is 100 Å². The van der Waals surface area contributed by atoms with Crippen LogP contribution in [-0.4, -0.2) is 17.2 Å². The van der Waals surface area contributed by atoms with E-state index >= 15 is 0 Å². The third kappa shape index (κ3) is 1.63. The zero-order chi connectivity index (χ0) is 10.4. The molecule has 0 aliphatic carbocycles. The summed E-state index contributed by atoms with van der Waals surface area (Å²) in [5, 5.41) is 9.35. The highest BCUT2D eigenvalue weighted by Gasteiger charge is 2.39. The van der Waals surface area contributed by atoms with E-state index in [1.165, 1.54) is 31.7 Å². The van der Waals surface area contributed by atoms with E-state index in [0.29, 0.717) is 12.1 Å². The van der Waals surface area contributed by atoms with Gasteiger partial charge >= 0.3 is 0 Å². The third-order valence-corrected chi connectivity index (χ3v) is 3.68. The average molecular weight is 244 g/mol. The molecule has 0 spiro atoms. The molecule has 0 amide bonds. The molecule has 16 heavy (non-hydrogen) atoms. The summed E-state index contributed by atoms with van der Waals surface area (Å²) in [6, 6.07) is 5.89. The maximum atomic E-state index is 12.9. The van der Waals surface area contributed by atoms with Gasteiger partial charge in [0.15, 0.2) is 11.6 Å². The maximum Gasteiger partial charge on any atom is 0.164 e. The minimum Gasteiger partial charge on any atom is -0.505 e. The smallest absolute Gasteiger partial charge is 0.164 e. The minimum atomic E-state index is -0.537. The number of rotatable bonds is 1. The van der Waals surface area contributed by atoms with Crippen molar-refractivity contribution in [3.8, 4) is 5.75 Å². The van der Waals surface area contributed by atoms with Crippen LogP contribution in [0, 0.1) is 5.82 Å². The lowest BCUT2D eigenvalue weighted by Crippen LogP contribution is -2.27. The van der Waals surface area contributed by atoms with Crippen molar-refractivity contribution in [3.63, 3.8) is 0 Å². The number of halogens is 2. The van der Waals surface area contributed by atoms with Crippen molar-refractivity contribution in [3.05, 3.63) is 24.0 Å². The van der Waals surface area contributed by atoms with Crippen molar-refractivity contribution in [2.24, 2.45) is 0 Å². The fraction of sp³-hybridized carbons (Fsp3) is 0.500. The Hall–Kier alpha value is -0.960. The zero-order valence-corrected chi connectivity index (χ0v) is 9.71. The summed E-state index contributed by atoms with van der Waals surface area (Å²) in [5.41, 5.74) is 0.971. The van der Waals surface area contributed by atoms with Crippen LogP contribution in [0.1, 0.15) is 25.7 Å². The molecular formula is C12H15ClFNO. The predicted octanol–water partition coefficient (Wildman–Crippen LogP) is 3.08. The number of phenolic OH excluding ortho intramolecular Hbond substituents is 1. The van der Waals surface area contributed by atoms with Crippen LogP contribution >= 0.6 is 12.4 Å². The lowest BCUT2D eigenvalue weighted by Gasteiger charge is -2.24. The van der Waals surface area contributed by atoms with Gasteiger partial charge in [0.25, 0.3) is 0 Å². The summed E-state index contributed by atoms with van der Waals surface area (Å²) in [7, 11) is 0. The van der Waals surface area contributed by atoms with Crippen molar-refractivity contribution in [2.45, 2.75) is 37.8 Å². The molecule has 2 aliphatic heterocycles. The van der Waals surface area contributed by atoms with Gasteiger partial charge in [0.1, 0.15) is 0 Å². The summed E-state index contributed by atoms with van der Waals surface area (Å²) < 4.78 is 12.9. The Morgan fingerprint density at radius 1 is 1.12 bits per heavy atom. The first kappa shape index (κ1) is 11.5. The summed E-state index contributed by atoms with van der Waals surface area (Å²) in [5.74, 6) is -0.774. The van der Waals surface area contributed by atoms with Crippen LogP contribution in [-0.2, 0) is 0 Å². The summed E-state index contributed by atoms with van der Waals surface area (Å²) in [4.78, 5) is 2.35. The Balaban J connectivity index is 0.000000963. The largest absolute Gasteiger partial charge is 0.505 e. The van der Waals surface area contributed by atoms with Crippen LogP contribution in [0.3, 0.4) is 0 Å². The van der Waals surface area contributed by atoms with Crippen molar-refractivity contribution in [2.75, 3.05) is 4.90 Å². The fourth-order valence-electron chi connectivity index (χ4n) is 3.00. The first-order valence-corrected chi connectivity index (χ1v) is 5.52. The highest BCUT2D eigenvalue weighted by molar-refractivity contribution is 5.85. The third-order valence-electron chi connectivity index (χ3n) is 3.68. The Bertz CT molecular complexity index is 379. The number of aromatic hydroxyl groups is 1. The summed E-state index contributed by atoms with van der Waals surface area (Å²) >= 11 is 0. The lowest BCUT2D eigenvalue weighted by atomic mass is 10.0. The Morgan fingerprint density at radius 3 is 2.19 bits per heavy atom. The van der Waals surface area contributed by atoms with E-state index in [2.05, 4.69) is 4.90 Å². The first-order chi connectivity index (χ1) is 7.25. The predicted molar refractivity (Wildman–Crippen MR) is 63.8 cm³/mol. The molecule has 2 saturated heterocycles. The van der Waals surface area contributed by atoms with Gasteiger partial charge in [0.05, 0.1) is 0 Å². The van der Waals surface area contributed by atoms with Gasteiger partial charge in [-0.1, -0.05) is 0 Å². The fourth-order valence-corrected chi connectivity index (χ4v) is 3.00. The van der Waals surface area contributed by atoms with Crippen molar-refractivity contribution in [1.29, 1.82) is 0 Å². The molecule has 0 saturated carbocycles. The summed E-state index contributed by atoms with van der Waals surface area (Å²) in [6.07, 6.45) is 4.96. The van der Waals surface area contributed by atoms with Crippen LogP contribution in [0.25, 0.3) is 0 Å². The van der Waals surface area contributed by atoms with Gasteiger partial charge in [-0.15, -0.1) is 12.4 Å². The SMILES string of the molecule is Cl.Oc1cc(N2C3CCC2CC3)ccc1F. The molecule has 0 unspecified atom stereocenters. The van der Waals surface area contributed by atoms with Gasteiger partial charge in [-0.2, -0.15) is 0 Å². The molecular weight excluding hydrogens is 229 g/mol. The summed E-state index contributed by atoms with van der Waals surface area (Å²) in [6.45, 7) is 0. The number of fused-ring (bicyclic) bond motifs is 2. The second kappa shape index (κ2) is 4.13. The second-order valence-corrected chi connectivity index (χ2v) is 4.51. The molecule has 0 aromatic heterocycles. The lowest BCUT2D eigenvalue weighted by molar-refractivity contribution is 0.432. The Morgan fingerprint density at radius 2 is 1.69 bits per heavy atom. The van der Waals surface area contributed by atoms with Gasteiger partial charge < -0.3 is 10.0 Å². The van der Waals surface area contributed by atoms with E-state index in [-0.39, 0.29) is 18.2 Å². The van der Waals surface area contributed by atoms with E-state index < -0.39 is 5.82 Å². The van der Waals surface area contributed by atoms with Crippen molar-refractivity contribution >= 4 is 18.1 Å². The van der Waals surface area contributed by atoms with E-state index in [1.54, 1.807) is 12.1 Å². The van der Waals surface area contributed by atoms with E-state index in [9.17, 15) is 9.50 Å². The van der Waals surface area contributed by atoms with E-state index in [1.807, 2.05) is 0 Å². The standard InChI is InChI=1S/C12H14FNO.ClH/c13-11-6-5-10(7-12(11)15)14-8-1-2-9(14)4-3-8;/h5-9,15H,1-4H2;1H. The molecule has 2 aliphatic rings. The molecule has 88 valence electrons. The number of phenols is 1. The second-order valence-electron chi connectivity index (χ2n) is 4.51. The van der Waals surface area contributed by atoms with Gasteiger partial charge in [0.2, 0.25) is 0 Å². The van der Waals surface area contributed by atoms with Gasteiger partial charge in [-0.3, -0.25) is 0 Å². The molecule has 4 heteroatoms. The van der Waals surface area contributed by atoms with Crippen molar-refractivity contribution in [1.82, 2.24) is 0 Å². The van der Waals surface area contributed by atoms with Crippen LogP contribution in [0.5, 0.6) is 5.75 Å². The van der Waals surface area contributed by atoms with Crippen LogP contribution < -0.4 is 4.90 Å². The van der Waals surface area contributed by atoms with E-state index in [0.717, 1.165) is 5.69 Å². The quantitative estimate of drug-likeness (QED) is 0.820. The minimum absolute atomic E-state index is 0. The molecule has 0 atom stereocenters. The molecule has 2 fully saturated rings. The van der Waals surface area contributed by atoms with Gasteiger partial charge in [-0.05, 0) is 37.8 Å². The number of hydrogen-bond acceptors (Lipinski definition) is 2. The van der Waals surface area contributed by atoms with Gasteiger partial charge in [0, 0.05) is 23.8 Å². The highest BCUT2D eigenvalue weighted by atomic mass is 35.5. The molecule has 0 radical (unpaired) electrons. The van der Waals surface area contributed by atoms with Crippen molar-refractivity contribution < 1.29 is 9.50 Å². The topological polar surface area (TPSA) is 23.5 Å². The molecule has 1 aromatic carbocycles. The molecule has 1 N–H and O–H groups in total. The molecule has 2 nitrogen and oxygen atoms in total. The maximum absolute atomic E-state index is 12.9. The number of hydrogen-bond donors (Lipinski definition) is 1. The number of benzene rings is 1. The first-order valence-electron chi connectivity index (χ1n) is 5.52. The average Bonchev–Trinajstić information content (AvgIpc) is 2.81. The highest BCUT2D eigenvalue weighted by Crippen LogP contribution is 2.41. The number of nitrogens with zero attached hydrogens (tertiary/aromatic N) is 1. The molecule has 2 heterocycles.